The Balaban J connectivity index is 0. The SMILES string of the molecule is CCC(=O)OC(C)=O.[NaH]. The van der Waals surface area contributed by atoms with Crippen LogP contribution in [0.15, 0.2) is 0 Å². The van der Waals surface area contributed by atoms with E-state index in [1.165, 1.54) is 6.92 Å². The molecule has 0 saturated heterocycles. The Bertz CT molecular complexity index is 111. The van der Waals surface area contributed by atoms with Crippen molar-refractivity contribution in [3.63, 3.8) is 0 Å². The fourth-order valence-electron chi connectivity index (χ4n) is 0.232. The van der Waals surface area contributed by atoms with Crippen LogP contribution in [0.3, 0.4) is 0 Å². The molecule has 0 rings (SSSR count). The van der Waals surface area contributed by atoms with E-state index in [2.05, 4.69) is 4.74 Å². The normalized spacial score (nSPS) is 7.33. The Labute approximate surface area is 76.0 Å². The van der Waals surface area contributed by atoms with Crippen LogP contribution in [0.4, 0.5) is 0 Å². The van der Waals surface area contributed by atoms with Crippen molar-refractivity contribution < 1.29 is 14.3 Å². The van der Waals surface area contributed by atoms with Crippen LogP contribution in [0.5, 0.6) is 0 Å². The molecule has 0 aromatic carbocycles. The van der Waals surface area contributed by atoms with Crippen molar-refractivity contribution >= 4 is 41.5 Å². The van der Waals surface area contributed by atoms with Gasteiger partial charge in [0, 0.05) is 13.3 Å². The zero-order chi connectivity index (χ0) is 6.57. The molecule has 48 valence electrons. The van der Waals surface area contributed by atoms with Crippen molar-refractivity contribution in [2.24, 2.45) is 0 Å². The molecule has 0 aliphatic carbocycles. The maximum atomic E-state index is 10.2. The van der Waals surface area contributed by atoms with E-state index < -0.39 is 11.9 Å². The minimum absolute atomic E-state index is 0. The number of esters is 2. The van der Waals surface area contributed by atoms with E-state index in [0.717, 1.165) is 0 Å². The molecule has 0 amide bonds. The Morgan fingerprint density at radius 1 is 1.44 bits per heavy atom. The van der Waals surface area contributed by atoms with E-state index in [-0.39, 0.29) is 36.0 Å². The Hall–Kier alpha value is 0.140. The third-order valence-electron chi connectivity index (χ3n) is 0.546. The fraction of sp³-hybridized carbons (Fsp3) is 0.600. The summed E-state index contributed by atoms with van der Waals surface area (Å²) in [7, 11) is 0. The van der Waals surface area contributed by atoms with Crippen molar-refractivity contribution in [2.45, 2.75) is 20.3 Å². The van der Waals surface area contributed by atoms with Crippen LogP contribution < -0.4 is 0 Å². The second kappa shape index (κ2) is 6.26. The molecule has 0 fully saturated rings. The average molecular weight is 140 g/mol. The number of rotatable bonds is 1. The van der Waals surface area contributed by atoms with Gasteiger partial charge in [0.2, 0.25) is 0 Å². The summed E-state index contributed by atoms with van der Waals surface area (Å²) in [4.78, 5) is 20.1. The van der Waals surface area contributed by atoms with E-state index in [9.17, 15) is 9.59 Å². The number of ether oxygens (including phenoxy) is 1. The molecule has 0 aromatic rings. The molecule has 0 unspecified atom stereocenters. The fourth-order valence-corrected chi connectivity index (χ4v) is 0.232. The third-order valence-corrected chi connectivity index (χ3v) is 0.546. The van der Waals surface area contributed by atoms with Gasteiger partial charge in [-0.15, -0.1) is 0 Å². The van der Waals surface area contributed by atoms with Crippen LogP contribution in [-0.4, -0.2) is 41.5 Å². The maximum absolute atomic E-state index is 10.2. The van der Waals surface area contributed by atoms with Crippen molar-refractivity contribution in [3.05, 3.63) is 0 Å². The van der Waals surface area contributed by atoms with E-state index in [1.807, 2.05) is 0 Å². The second-order valence-corrected chi connectivity index (χ2v) is 1.32. The molecular weight excluding hydrogens is 131 g/mol. The summed E-state index contributed by atoms with van der Waals surface area (Å²) < 4.78 is 4.12. The van der Waals surface area contributed by atoms with E-state index in [4.69, 9.17) is 0 Å². The van der Waals surface area contributed by atoms with Gasteiger partial charge < -0.3 is 4.74 Å². The zero-order valence-electron chi connectivity index (χ0n) is 4.93. The second-order valence-electron chi connectivity index (χ2n) is 1.32. The molecule has 0 spiro atoms. The molecule has 4 heteroatoms. The van der Waals surface area contributed by atoms with E-state index in [1.54, 1.807) is 6.92 Å². The quantitative estimate of drug-likeness (QED) is 0.288. The molecule has 0 aliphatic rings. The van der Waals surface area contributed by atoms with Gasteiger partial charge in [-0.25, -0.2) is 0 Å². The molecule has 0 bridgehead atoms. The zero-order valence-corrected chi connectivity index (χ0v) is 4.93. The first-order valence-corrected chi connectivity index (χ1v) is 2.38. The van der Waals surface area contributed by atoms with Crippen LogP contribution in [0, 0.1) is 0 Å². The van der Waals surface area contributed by atoms with Crippen molar-refractivity contribution in [1.29, 1.82) is 0 Å². The molecule has 0 N–H and O–H groups in total. The van der Waals surface area contributed by atoms with Gasteiger partial charge in [0.1, 0.15) is 0 Å². The number of hydrogen-bond acceptors (Lipinski definition) is 3. The number of hydrogen-bond donors (Lipinski definition) is 0. The van der Waals surface area contributed by atoms with E-state index >= 15 is 0 Å². The summed E-state index contributed by atoms with van der Waals surface area (Å²) in [5, 5.41) is 0. The first kappa shape index (κ1) is 11.9. The minimum atomic E-state index is -0.545. The Kier molecular flexibility index (Phi) is 8.27. The van der Waals surface area contributed by atoms with Gasteiger partial charge in [0.05, 0.1) is 0 Å². The van der Waals surface area contributed by atoms with Crippen molar-refractivity contribution in [1.82, 2.24) is 0 Å². The van der Waals surface area contributed by atoms with Crippen LogP contribution in [0.2, 0.25) is 0 Å². The average Bonchev–Trinajstić information content (AvgIpc) is 1.65. The molecule has 0 heterocycles. The molecular formula is C5H9NaO3. The van der Waals surface area contributed by atoms with Gasteiger partial charge in [-0.1, -0.05) is 6.92 Å². The van der Waals surface area contributed by atoms with E-state index in [0.29, 0.717) is 0 Å². The molecule has 3 nitrogen and oxygen atoms in total. The molecule has 0 radical (unpaired) electrons. The van der Waals surface area contributed by atoms with Crippen molar-refractivity contribution in [2.75, 3.05) is 0 Å². The molecule has 0 atom stereocenters. The van der Waals surface area contributed by atoms with Crippen LogP contribution in [0.1, 0.15) is 20.3 Å². The van der Waals surface area contributed by atoms with Crippen molar-refractivity contribution in [3.8, 4) is 0 Å². The van der Waals surface area contributed by atoms with Gasteiger partial charge in [-0.05, 0) is 0 Å². The van der Waals surface area contributed by atoms with Gasteiger partial charge in [0.25, 0.3) is 0 Å². The number of carbonyl (C=O) groups excluding carboxylic acids is 2. The standard InChI is InChI=1S/C5H8O3.Na.H/c1-3-5(7)8-4(2)6;;/h3H2,1-2H3;;. The van der Waals surface area contributed by atoms with Crippen LogP contribution in [0.25, 0.3) is 0 Å². The predicted molar refractivity (Wildman–Crippen MR) is 34.2 cm³/mol. The Morgan fingerprint density at radius 2 is 1.89 bits per heavy atom. The first-order chi connectivity index (χ1) is 3.66. The van der Waals surface area contributed by atoms with Crippen LogP contribution in [-0.2, 0) is 14.3 Å². The first-order valence-electron chi connectivity index (χ1n) is 2.38. The van der Waals surface area contributed by atoms with Gasteiger partial charge >= 0.3 is 41.5 Å². The molecule has 0 saturated carbocycles. The topological polar surface area (TPSA) is 43.4 Å². The van der Waals surface area contributed by atoms with Crippen LogP contribution >= 0.6 is 0 Å². The summed E-state index contributed by atoms with van der Waals surface area (Å²) in [6, 6.07) is 0. The summed E-state index contributed by atoms with van der Waals surface area (Å²) in [5.74, 6) is -1.02. The van der Waals surface area contributed by atoms with Gasteiger partial charge in [0.15, 0.2) is 0 Å². The third kappa shape index (κ3) is 8.14. The van der Waals surface area contributed by atoms with Gasteiger partial charge in [-0.2, -0.15) is 0 Å². The Morgan fingerprint density at radius 3 is 2.00 bits per heavy atom. The summed E-state index contributed by atoms with van der Waals surface area (Å²) in [6.07, 6.45) is 0.250. The molecule has 9 heavy (non-hydrogen) atoms. The number of carbonyl (C=O) groups is 2. The summed E-state index contributed by atoms with van der Waals surface area (Å²) in [6.45, 7) is 2.83. The molecule has 0 aromatic heterocycles. The van der Waals surface area contributed by atoms with Gasteiger partial charge in [-0.3, -0.25) is 9.59 Å². The monoisotopic (exact) mass is 140 g/mol. The summed E-state index contributed by atoms with van der Waals surface area (Å²) >= 11 is 0. The predicted octanol–water partition coefficient (Wildman–Crippen LogP) is -0.162. The summed E-state index contributed by atoms with van der Waals surface area (Å²) in [5.41, 5.74) is 0. The molecule has 0 aliphatic heterocycles.